The fourth-order valence-corrected chi connectivity index (χ4v) is 9.57. The maximum absolute atomic E-state index is 13.0. The van der Waals surface area contributed by atoms with Gasteiger partial charge in [-0.3, -0.25) is 0 Å². The summed E-state index contributed by atoms with van der Waals surface area (Å²) in [5.41, 5.74) is 4.47. The average Bonchev–Trinajstić information content (AvgIpc) is 1.46. The summed E-state index contributed by atoms with van der Waals surface area (Å²) in [6, 6.07) is 33.3. The van der Waals surface area contributed by atoms with E-state index in [1.54, 1.807) is 166 Å². The van der Waals surface area contributed by atoms with Crippen molar-refractivity contribution in [2.45, 2.75) is 102 Å². The van der Waals surface area contributed by atoms with Gasteiger partial charge in [0, 0.05) is 25.3 Å². The second-order valence-electron chi connectivity index (χ2n) is 21.0. The van der Waals surface area contributed by atoms with Gasteiger partial charge in [-0.05, 0) is 204 Å². The molecule has 0 aliphatic heterocycles. The normalized spacial score (nSPS) is 10.7. The maximum atomic E-state index is 13.0. The molecule has 0 fully saturated rings. The van der Waals surface area contributed by atoms with Gasteiger partial charge < -0.3 is 71.1 Å². The summed E-state index contributed by atoms with van der Waals surface area (Å²) in [5, 5.41) is 0. The summed E-state index contributed by atoms with van der Waals surface area (Å²) in [4.78, 5) is 104. The van der Waals surface area contributed by atoms with Gasteiger partial charge in [-0.2, -0.15) is 0 Å². The number of rotatable bonds is 36. The van der Waals surface area contributed by atoms with E-state index in [0.29, 0.717) is 50.4 Å². The smallest absolute Gasteiger partial charge is 0.338 e. The Morgan fingerprint density at radius 3 is 0.495 bits per heavy atom. The molecule has 7 aromatic rings. The molecule has 0 aliphatic carbocycles. The van der Waals surface area contributed by atoms with Gasteiger partial charge in [0.05, 0.1) is 104 Å². The molecule has 0 saturated heterocycles. The van der Waals surface area contributed by atoms with Crippen LogP contribution in [-0.2, 0) is 88.9 Å². The van der Waals surface area contributed by atoms with Gasteiger partial charge in [-0.15, -0.1) is 0 Å². The Kier molecular flexibility index (Phi) is 28.2. The lowest BCUT2D eigenvalue weighted by Gasteiger charge is -2.16. The highest BCUT2D eigenvalue weighted by Crippen LogP contribution is 2.32. The second kappa shape index (κ2) is 37.2. The molecule has 7 aromatic carbocycles. The van der Waals surface area contributed by atoms with E-state index >= 15 is 0 Å². The van der Waals surface area contributed by atoms with E-state index in [-0.39, 0.29) is 167 Å². The number of esters is 8. The highest BCUT2D eigenvalue weighted by molar-refractivity contribution is 5.98. The van der Waals surface area contributed by atoms with Crippen LogP contribution in [0.15, 0.2) is 127 Å². The third-order valence-corrected chi connectivity index (χ3v) is 13.6. The van der Waals surface area contributed by atoms with Crippen molar-refractivity contribution in [3.05, 3.63) is 211 Å². The Labute approximate surface area is 561 Å². The Balaban J connectivity index is 1.20. The lowest BCUT2D eigenvalue weighted by Crippen LogP contribution is -2.11. The van der Waals surface area contributed by atoms with E-state index in [1.165, 1.54) is 24.3 Å². The summed E-state index contributed by atoms with van der Waals surface area (Å²) in [7, 11) is 1.54. The molecule has 97 heavy (non-hydrogen) atoms. The van der Waals surface area contributed by atoms with E-state index in [4.69, 9.17) is 71.1 Å². The van der Waals surface area contributed by atoms with E-state index in [9.17, 15) is 38.4 Å². The van der Waals surface area contributed by atoms with Gasteiger partial charge in [0.1, 0.15) is 74.1 Å². The molecule has 0 heterocycles. The van der Waals surface area contributed by atoms with E-state index in [2.05, 4.69) is 0 Å². The molecular formula is C74H78O23. The van der Waals surface area contributed by atoms with Crippen LogP contribution in [0.4, 0.5) is 0 Å². The number of benzene rings is 7. The van der Waals surface area contributed by atoms with Gasteiger partial charge >= 0.3 is 47.8 Å². The van der Waals surface area contributed by atoms with E-state index < -0.39 is 47.8 Å². The zero-order valence-corrected chi connectivity index (χ0v) is 55.6. The fourth-order valence-electron chi connectivity index (χ4n) is 9.57. The predicted molar refractivity (Wildman–Crippen MR) is 349 cm³/mol. The molecule has 23 heteroatoms. The molecule has 0 unspecified atom stereocenters. The Hall–Kier alpha value is -10.9. The molecule has 0 spiro atoms. The van der Waals surface area contributed by atoms with Crippen molar-refractivity contribution in [2.75, 3.05) is 60.0 Å². The molecule has 0 radical (unpaired) electrons. The number of methoxy groups -OCH3 is 1. The molecule has 0 saturated carbocycles. The van der Waals surface area contributed by atoms with Gasteiger partial charge in [-0.25, -0.2) is 38.4 Å². The lowest BCUT2D eigenvalue weighted by atomic mass is 10.1. The standard InChI is InChI=1S/C74H78O23/c1-10-84-67(75)53-18-46(19-54(32-53)68(76)85-11-2)40-92-63-28-51(29-64(37-63)93-41-47-20-55(69(77)86-12-3)33-56(21-47)70(78)87-13-4)44-96-61-26-50(39-83-9)27-62(36-61)97-45-52-30-65(94-42-48-22-57(71(79)88-14-5)34-58(23-48)72(80)89-15-6)38-66(31-52)95-43-49-24-59(73(81)90-16-7)35-60(25-49)74(82)91-17-8/h18-38H,10-17,39-45H2,1-9H3. The van der Waals surface area contributed by atoms with Crippen molar-refractivity contribution in [1.29, 1.82) is 0 Å². The average molecular weight is 1340 g/mol. The minimum absolute atomic E-state index is 0.0752. The first kappa shape index (κ1) is 73.5. The zero-order chi connectivity index (χ0) is 69.8. The SMILES string of the molecule is CCOC(=O)c1cc(COc2cc(COc3cc(COC)cc(OCc4cc(OCc5cc(C(=O)OCC)cc(C(=O)OCC)c5)cc(OCc5cc(C(=O)OCC)cc(C(=O)OCC)c5)c4)c3)cc(OCc3cc(C(=O)OCC)cc(C(=O)OCC)c3)c2)cc(C(=O)OCC)c1. The molecule has 0 atom stereocenters. The molecule has 0 aliphatic rings. The van der Waals surface area contributed by atoms with Crippen LogP contribution in [0.2, 0.25) is 0 Å². The zero-order valence-electron chi connectivity index (χ0n) is 55.6. The van der Waals surface area contributed by atoms with Crippen LogP contribution in [0, 0.1) is 0 Å². The fraction of sp³-hybridized carbons (Fsp3) is 0.324. The Bertz CT molecular complexity index is 3320. The Morgan fingerprint density at radius 2 is 0.351 bits per heavy atom. The van der Waals surface area contributed by atoms with Crippen LogP contribution < -0.4 is 28.4 Å². The first-order valence-electron chi connectivity index (χ1n) is 31.5. The minimum Gasteiger partial charge on any atom is -0.489 e. The van der Waals surface area contributed by atoms with Crippen molar-refractivity contribution in [2.24, 2.45) is 0 Å². The van der Waals surface area contributed by atoms with Crippen LogP contribution in [0.25, 0.3) is 0 Å². The van der Waals surface area contributed by atoms with Crippen LogP contribution in [0.1, 0.15) is 177 Å². The van der Waals surface area contributed by atoms with Crippen molar-refractivity contribution in [3.63, 3.8) is 0 Å². The molecule has 0 aromatic heterocycles. The molecule has 0 bridgehead atoms. The number of hydrogen-bond donors (Lipinski definition) is 0. The highest BCUT2D eigenvalue weighted by Gasteiger charge is 2.21. The number of carbonyl (C=O) groups is 8. The first-order valence-corrected chi connectivity index (χ1v) is 31.5. The van der Waals surface area contributed by atoms with Crippen molar-refractivity contribution in [3.8, 4) is 34.5 Å². The minimum atomic E-state index is -0.645. The number of ether oxygens (including phenoxy) is 15. The van der Waals surface area contributed by atoms with E-state index in [1.807, 2.05) is 0 Å². The highest BCUT2D eigenvalue weighted by atomic mass is 16.6. The molecular weight excluding hydrogens is 1260 g/mol. The van der Waals surface area contributed by atoms with E-state index in [0.717, 1.165) is 0 Å². The number of carbonyl (C=O) groups excluding carboxylic acids is 8. The van der Waals surface area contributed by atoms with Gasteiger partial charge in [0.25, 0.3) is 0 Å². The van der Waals surface area contributed by atoms with Crippen molar-refractivity contribution < 1.29 is 109 Å². The monoisotopic (exact) mass is 1330 g/mol. The summed E-state index contributed by atoms with van der Waals surface area (Å²) in [6.45, 7) is 13.6. The van der Waals surface area contributed by atoms with Crippen LogP contribution in [-0.4, -0.2) is 108 Å². The summed E-state index contributed by atoms with van der Waals surface area (Å²) < 4.78 is 86.0. The largest absolute Gasteiger partial charge is 0.489 e. The van der Waals surface area contributed by atoms with Gasteiger partial charge in [0.2, 0.25) is 0 Å². The third kappa shape index (κ3) is 22.3. The van der Waals surface area contributed by atoms with Crippen LogP contribution in [0.5, 0.6) is 34.5 Å². The maximum Gasteiger partial charge on any atom is 0.338 e. The summed E-state index contributed by atoms with van der Waals surface area (Å²) >= 11 is 0. The predicted octanol–water partition coefficient (Wildman–Crippen LogP) is 12.7. The molecule has 512 valence electrons. The molecule has 7 rings (SSSR count). The lowest BCUT2D eigenvalue weighted by molar-refractivity contribution is 0.0505. The van der Waals surface area contributed by atoms with Crippen molar-refractivity contribution >= 4 is 47.8 Å². The first-order chi connectivity index (χ1) is 46.9. The molecule has 0 N–H and O–H groups in total. The van der Waals surface area contributed by atoms with Crippen molar-refractivity contribution in [1.82, 2.24) is 0 Å². The third-order valence-electron chi connectivity index (χ3n) is 13.6. The van der Waals surface area contributed by atoms with Crippen LogP contribution >= 0.6 is 0 Å². The summed E-state index contributed by atoms with van der Waals surface area (Å²) in [6.07, 6.45) is 0. The number of hydrogen-bond acceptors (Lipinski definition) is 23. The summed E-state index contributed by atoms with van der Waals surface area (Å²) in [5.74, 6) is -3.29. The van der Waals surface area contributed by atoms with Crippen LogP contribution in [0.3, 0.4) is 0 Å². The molecule has 0 amide bonds. The Morgan fingerprint density at radius 1 is 0.206 bits per heavy atom. The van der Waals surface area contributed by atoms with Gasteiger partial charge in [-0.1, -0.05) is 0 Å². The topological polar surface area (TPSA) is 275 Å². The van der Waals surface area contributed by atoms with Gasteiger partial charge in [0.15, 0.2) is 0 Å². The second-order valence-corrected chi connectivity index (χ2v) is 21.0. The molecule has 23 nitrogen and oxygen atoms in total. The quantitative estimate of drug-likeness (QED) is 0.0261.